The number of halogens is 1. The van der Waals surface area contributed by atoms with Crippen LogP contribution in [0.1, 0.15) is 19.3 Å². The lowest BCUT2D eigenvalue weighted by atomic mass is 10.4. The van der Waals surface area contributed by atoms with Gasteiger partial charge in [0.15, 0.2) is 0 Å². The second kappa shape index (κ2) is 10.8. The summed E-state index contributed by atoms with van der Waals surface area (Å²) in [6.07, 6.45) is 1.72. The second-order valence-electron chi connectivity index (χ2n) is 2.76. The highest BCUT2D eigenvalue weighted by molar-refractivity contribution is 6.17. The summed E-state index contributed by atoms with van der Waals surface area (Å²) in [5.41, 5.74) is 0. The number of carboxylic acid groups (broad SMARTS) is 1. The highest BCUT2D eigenvalue weighted by atomic mass is 35.5. The fourth-order valence-electron chi connectivity index (χ4n) is 0.783. The van der Waals surface area contributed by atoms with Gasteiger partial charge in [-0.25, -0.2) is 0 Å². The third-order valence-electron chi connectivity index (χ3n) is 1.46. The van der Waals surface area contributed by atoms with Gasteiger partial charge < -0.3 is 14.6 Å². The molecule has 0 aromatic heterocycles. The second-order valence-corrected chi connectivity index (χ2v) is 3.14. The Morgan fingerprint density at radius 2 is 1.64 bits per heavy atom. The Morgan fingerprint density at radius 3 is 2.21 bits per heavy atom. The van der Waals surface area contributed by atoms with Gasteiger partial charge in [-0.3, -0.25) is 4.79 Å². The Kier molecular flexibility index (Phi) is 10.5. The predicted octanol–water partition coefficient (Wildman–Crippen LogP) is 1.51. The van der Waals surface area contributed by atoms with E-state index in [-0.39, 0.29) is 13.0 Å². The minimum atomic E-state index is -0.830. The van der Waals surface area contributed by atoms with Crippen LogP contribution in [0.15, 0.2) is 0 Å². The molecule has 0 saturated carbocycles. The van der Waals surface area contributed by atoms with E-state index in [0.717, 1.165) is 12.8 Å². The zero-order valence-electron chi connectivity index (χ0n) is 8.21. The summed E-state index contributed by atoms with van der Waals surface area (Å²) in [6, 6.07) is 0. The Morgan fingerprint density at radius 1 is 1.07 bits per heavy atom. The molecule has 0 spiro atoms. The highest BCUT2D eigenvalue weighted by Gasteiger charge is 1.95. The van der Waals surface area contributed by atoms with Gasteiger partial charge in [0.2, 0.25) is 0 Å². The Hall–Kier alpha value is -0.320. The van der Waals surface area contributed by atoms with Crippen LogP contribution >= 0.6 is 11.6 Å². The first-order chi connectivity index (χ1) is 6.77. The van der Waals surface area contributed by atoms with Crippen LogP contribution in [-0.2, 0) is 14.3 Å². The summed E-state index contributed by atoms with van der Waals surface area (Å²) in [5, 5.41) is 8.30. The monoisotopic (exact) mass is 224 g/mol. The molecule has 4 nitrogen and oxygen atoms in total. The SMILES string of the molecule is O=C(O)CCOCCCOCCCCl. The van der Waals surface area contributed by atoms with Gasteiger partial charge in [-0.2, -0.15) is 0 Å². The molecule has 0 aliphatic rings. The van der Waals surface area contributed by atoms with Gasteiger partial charge in [-0.05, 0) is 12.8 Å². The van der Waals surface area contributed by atoms with E-state index in [4.69, 9.17) is 26.2 Å². The van der Waals surface area contributed by atoms with Gasteiger partial charge in [-0.1, -0.05) is 0 Å². The van der Waals surface area contributed by atoms with Crippen LogP contribution in [0, 0.1) is 0 Å². The van der Waals surface area contributed by atoms with Crippen molar-refractivity contribution in [1.82, 2.24) is 0 Å². The molecule has 84 valence electrons. The molecule has 0 aromatic rings. The van der Waals surface area contributed by atoms with E-state index in [0.29, 0.717) is 25.7 Å². The fourth-order valence-corrected chi connectivity index (χ4v) is 0.892. The van der Waals surface area contributed by atoms with Crippen molar-refractivity contribution in [1.29, 1.82) is 0 Å². The summed E-state index contributed by atoms with van der Waals surface area (Å²) in [4.78, 5) is 10.1. The van der Waals surface area contributed by atoms with E-state index in [1.165, 1.54) is 0 Å². The van der Waals surface area contributed by atoms with Crippen LogP contribution in [0.3, 0.4) is 0 Å². The molecule has 0 atom stereocenters. The molecule has 0 fully saturated rings. The normalized spacial score (nSPS) is 10.4. The summed E-state index contributed by atoms with van der Waals surface area (Å²) >= 11 is 5.45. The maximum atomic E-state index is 10.1. The summed E-state index contributed by atoms with van der Waals surface area (Å²) in [6.45, 7) is 2.15. The van der Waals surface area contributed by atoms with Gasteiger partial charge in [0, 0.05) is 25.7 Å². The van der Waals surface area contributed by atoms with Crippen LogP contribution < -0.4 is 0 Å². The van der Waals surface area contributed by atoms with E-state index in [1.807, 2.05) is 0 Å². The number of rotatable bonds is 10. The molecule has 1 N–H and O–H groups in total. The van der Waals surface area contributed by atoms with E-state index in [1.54, 1.807) is 0 Å². The number of carboxylic acids is 1. The molecular weight excluding hydrogens is 208 g/mol. The smallest absolute Gasteiger partial charge is 0.305 e. The zero-order chi connectivity index (χ0) is 10.6. The van der Waals surface area contributed by atoms with Crippen molar-refractivity contribution in [3.63, 3.8) is 0 Å². The van der Waals surface area contributed by atoms with Gasteiger partial charge in [0.1, 0.15) is 0 Å². The van der Waals surface area contributed by atoms with Crippen molar-refractivity contribution >= 4 is 17.6 Å². The van der Waals surface area contributed by atoms with E-state index in [9.17, 15) is 4.79 Å². The van der Waals surface area contributed by atoms with Crippen molar-refractivity contribution in [2.75, 3.05) is 32.3 Å². The molecule has 0 unspecified atom stereocenters. The van der Waals surface area contributed by atoms with Crippen LogP contribution in [0.2, 0.25) is 0 Å². The summed E-state index contributed by atoms with van der Waals surface area (Å²) < 4.78 is 10.3. The lowest BCUT2D eigenvalue weighted by Gasteiger charge is -2.03. The molecule has 0 amide bonds. The average molecular weight is 225 g/mol. The molecule has 0 aliphatic carbocycles. The van der Waals surface area contributed by atoms with Crippen molar-refractivity contribution in [2.45, 2.75) is 19.3 Å². The molecule has 5 heteroatoms. The maximum absolute atomic E-state index is 10.1. The summed E-state index contributed by atoms with van der Waals surface area (Å²) in [5.74, 6) is -0.210. The van der Waals surface area contributed by atoms with Crippen LogP contribution in [0.25, 0.3) is 0 Å². The first-order valence-electron chi connectivity index (χ1n) is 4.70. The fraction of sp³-hybridized carbons (Fsp3) is 0.889. The average Bonchev–Trinajstić information content (AvgIpc) is 2.15. The quantitative estimate of drug-likeness (QED) is 0.452. The van der Waals surface area contributed by atoms with Gasteiger partial charge in [-0.15, -0.1) is 11.6 Å². The first-order valence-corrected chi connectivity index (χ1v) is 5.24. The highest BCUT2D eigenvalue weighted by Crippen LogP contribution is 1.90. The van der Waals surface area contributed by atoms with Gasteiger partial charge >= 0.3 is 5.97 Å². The van der Waals surface area contributed by atoms with Crippen LogP contribution in [-0.4, -0.2) is 43.4 Å². The van der Waals surface area contributed by atoms with Crippen molar-refractivity contribution in [2.24, 2.45) is 0 Å². The number of aliphatic carboxylic acids is 1. The lowest BCUT2D eigenvalue weighted by molar-refractivity contribution is -0.138. The van der Waals surface area contributed by atoms with Gasteiger partial charge in [0.05, 0.1) is 13.0 Å². The molecule has 0 rings (SSSR count). The number of carbonyl (C=O) groups is 1. The molecule has 0 aliphatic heterocycles. The molecule has 0 radical (unpaired) electrons. The number of ether oxygens (including phenoxy) is 2. The first kappa shape index (κ1) is 13.7. The maximum Gasteiger partial charge on any atom is 0.305 e. The Labute approximate surface area is 89.1 Å². The molecule has 14 heavy (non-hydrogen) atoms. The van der Waals surface area contributed by atoms with E-state index in [2.05, 4.69) is 0 Å². The molecular formula is C9H17ClO4. The predicted molar refractivity (Wildman–Crippen MR) is 53.8 cm³/mol. The number of hydrogen-bond donors (Lipinski definition) is 1. The van der Waals surface area contributed by atoms with E-state index < -0.39 is 5.97 Å². The minimum absolute atomic E-state index is 0.0626. The van der Waals surface area contributed by atoms with Crippen LogP contribution in [0.5, 0.6) is 0 Å². The zero-order valence-corrected chi connectivity index (χ0v) is 8.96. The Balaban J connectivity index is 2.88. The van der Waals surface area contributed by atoms with Crippen molar-refractivity contribution in [3.8, 4) is 0 Å². The van der Waals surface area contributed by atoms with Gasteiger partial charge in [0.25, 0.3) is 0 Å². The molecule has 0 bridgehead atoms. The van der Waals surface area contributed by atoms with E-state index >= 15 is 0 Å². The minimum Gasteiger partial charge on any atom is -0.481 e. The largest absolute Gasteiger partial charge is 0.481 e. The number of hydrogen-bond acceptors (Lipinski definition) is 3. The standard InChI is InChI=1S/C9H17ClO4/c10-4-1-5-13-6-2-7-14-8-3-9(11)12/h1-8H2,(H,11,12). The third-order valence-corrected chi connectivity index (χ3v) is 1.73. The molecule has 0 aromatic carbocycles. The molecule has 0 heterocycles. The lowest BCUT2D eigenvalue weighted by Crippen LogP contribution is -2.06. The molecule has 0 saturated heterocycles. The number of alkyl halides is 1. The third kappa shape index (κ3) is 11.7. The Bertz CT molecular complexity index is 141. The summed E-state index contributed by atoms with van der Waals surface area (Å²) in [7, 11) is 0. The topological polar surface area (TPSA) is 55.8 Å². The van der Waals surface area contributed by atoms with Crippen molar-refractivity contribution < 1.29 is 19.4 Å². The van der Waals surface area contributed by atoms with Crippen molar-refractivity contribution in [3.05, 3.63) is 0 Å². The van der Waals surface area contributed by atoms with Crippen LogP contribution in [0.4, 0.5) is 0 Å².